The molecule has 2 aromatic heterocycles. The van der Waals surface area contributed by atoms with Gasteiger partial charge in [-0.3, -0.25) is 23.7 Å². The summed E-state index contributed by atoms with van der Waals surface area (Å²) < 4.78 is 21.5. The third-order valence-electron chi connectivity index (χ3n) is 3.64. The maximum atomic E-state index is 12.4. The molecular formula is C17H20N4O8. The lowest BCUT2D eigenvalue weighted by Crippen LogP contribution is -2.33. The summed E-state index contributed by atoms with van der Waals surface area (Å²) in [6.45, 7) is 3.08. The molecule has 0 saturated heterocycles. The number of ether oxygens (including phenoxy) is 4. The number of hydrogen-bond donors (Lipinski definition) is 0. The number of hydrogen-bond acceptors (Lipinski definition) is 11. The van der Waals surface area contributed by atoms with E-state index in [-0.39, 0.29) is 29.5 Å². The quantitative estimate of drug-likeness (QED) is 0.444. The van der Waals surface area contributed by atoms with E-state index in [9.17, 15) is 19.2 Å². The number of carbonyl (C=O) groups excluding carboxylic acids is 3. The Balaban J connectivity index is 2.57. The predicted octanol–water partition coefficient (Wildman–Crippen LogP) is -0.169. The second-order valence-corrected chi connectivity index (χ2v) is 5.91. The van der Waals surface area contributed by atoms with Crippen molar-refractivity contribution in [3.05, 3.63) is 22.2 Å². The number of carbonyl (C=O) groups is 3. The molecule has 0 radical (unpaired) electrons. The average Bonchev–Trinajstić information content (AvgIpc) is 2.65. The molecule has 2 heterocycles. The number of rotatable bonds is 7. The molecule has 0 unspecified atom stereocenters. The van der Waals surface area contributed by atoms with Gasteiger partial charge in [0, 0.05) is 27.8 Å². The van der Waals surface area contributed by atoms with E-state index < -0.39 is 35.7 Å². The molecule has 2 aromatic rings. The van der Waals surface area contributed by atoms with Crippen LogP contribution >= 0.6 is 0 Å². The lowest BCUT2D eigenvalue weighted by atomic mass is 10.1. The Kier molecular flexibility index (Phi) is 6.80. The highest BCUT2D eigenvalue weighted by atomic mass is 16.6. The molecule has 29 heavy (non-hydrogen) atoms. The predicted molar refractivity (Wildman–Crippen MR) is 95.8 cm³/mol. The first kappa shape index (κ1) is 21.7. The minimum atomic E-state index is -1.26. The normalized spacial score (nSPS) is 12.7. The van der Waals surface area contributed by atoms with Gasteiger partial charge in [0.15, 0.2) is 23.4 Å². The highest BCUT2D eigenvalue weighted by Crippen LogP contribution is 2.24. The molecule has 0 N–H and O–H groups in total. The van der Waals surface area contributed by atoms with Crippen molar-refractivity contribution in [1.29, 1.82) is 0 Å². The molecule has 2 atom stereocenters. The molecule has 0 aliphatic heterocycles. The van der Waals surface area contributed by atoms with E-state index in [1.165, 1.54) is 27.3 Å². The van der Waals surface area contributed by atoms with Crippen LogP contribution in [0.25, 0.3) is 11.2 Å². The molecule has 0 bridgehead atoms. The van der Waals surface area contributed by atoms with Gasteiger partial charge in [-0.25, -0.2) is 9.97 Å². The van der Waals surface area contributed by atoms with Crippen molar-refractivity contribution in [2.24, 2.45) is 7.05 Å². The third kappa shape index (κ3) is 5.24. The number of esters is 3. The number of nitrogens with zero attached hydrogens (tertiary/aromatic N) is 4. The van der Waals surface area contributed by atoms with Crippen LogP contribution in [0.1, 0.15) is 32.6 Å². The standard InChI is InChI=1S/C17H20N4O8/c1-8(22)27-7-12(28-9(2)23)14(29-10(3)24)11-6-18-13-15(19-11)20-17(26-5)21(4)16(13)25/h6,12,14H,7H2,1-5H3/t12-,14-/m0/s1. The first-order valence-corrected chi connectivity index (χ1v) is 8.39. The topological polar surface area (TPSA) is 149 Å². The Labute approximate surface area is 164 Å². The molecule has 156 valence electrons. The smallest absolute Gasteiger partial charge is 0.303 e. The summed E-state index contributed by atoms with van der Waals surface area (Å²) in [5, 5.41) is 0. The van der Waals surface area contributed by atoms with Gasteiger partial charge in [0.05, 0.1) is 13.3 Å². The van der Waals surface area contributed by atoms with Gasteiger partial charge in [-0.2, -0.15) is 4.98 Å². The molecule has 0 saturated carbocycles. The van der Waals surface area contributed by atoms with Gasteiger partial charge < -0.3 is 18.9 Å². The largest absolute Gasteiger partial charge is 0.468 e. The van der Waals surface area contributed by atoms with Gasteiger partial charge in [-0.15, -0.1) is 0 Å². The van der Waals surface area contributed by atoms with E-state index >= 15 is 0 Å². The highest BCUT2D eigenvalue weighted by molar-refractivity contribution is 5.70. The van der Waals surface area contributed by atoms with Crippen LogP contribution in [0.5, 0.6) is 6.01 Å². The van der Waals surface area contributed by atoms with E-state index in [0.717, 1.165) is 18.4 Å². The zero-order valence-electron chi connectivity index (χ0n) is 16.5. The number of fused-ring (bicyclic) bond motifs is 1. The molecule has 12 nitrogen and oxygen atoms in total. The van der Waals surface area contributed by atoms with E-state index in [4.69, 9.17) is 18.9 Å². The first-order valence-electron chi connectivity index (χ1n) is 8.39. The van der Waals surface area contributed by atoms with Crippen LogP contribution in [0.2, 0.25) is 0 Å². The van der Waals surface area contributed by atoms with Crippen LogP contribution in [0.4, 0.5) is 0 Å². The summed E-state index contributed by atoms with van der Waals surface area (Å²) in [5.41, 5.74) is -0.559. The minimum Gasteiger partial charge on any atom is -0.468 e. The zero-order valence-corrected chi connectivity index (χ0v) is 16.5. The van der Waals surface area contributed by atoms with E-state index in [1.54, 1.807) is 0 Å². The molecule has 0 aromatic carbocycles. The lowest BCUT2D eigenvalue weighted by Gasteiger charge is -2.25. The second kappa shape index (κ2) is 9.08. The van der Waals surface area contributed by atoms with Crippen LogP contribution < -0.4 is 10.3 Å². The van der Waals surface area contributed by atoms with Crippen molar-refractivity contribution in [3.8, 4) is 6.01 Å². The van der Waals surface area contributed by atoms with Crippen molar-refractivity contribution < 1.29 is 33.3 Å². The van der Waals surface area contributed by atoms with Gasteiger partial charge in [0.25, 0.3) is 5.56 Å². The van der Waals surface area contributed by atoms with Gasteiger partial charge >= 0.3 is 23.9 Å². The van der Waals surface area contributed by atoms with E-state index in [2.05, 4.69) is 15.0 Å². The highest BCUT2D eigenvalue weighted by Gasteiger charge is 2.32. The van der Waals surface area contributed by atoms with E-state index in [0.29, 0.717) is 0 Å². The van der Waals surface area contributed by atoms with Crippen molar-refractivity contribution in [3.63, 3.8) is 0 Å². The molecule has 0 aliphatic carbocycles. The van der Waals surface area contributed by atoms with Crippen LogP contribution in [-0.2, 0) is 35.6 Å². The summed E-state index contributed by atoms with van der Waals surface area (Å²) in [4.78, 5) is 59.0. The van der Waals surface area contributed by atoms with Crippen molar-refractivity contribution in [1.82, 2.24) is 19.5 Å². The first-order chi connectivity index (χ1) is 13.6. The summed E-state index contributed by atoms with van der Waals surface area (Å²) >= 11 is 0. The Morgan fingerprint density at radius 2 is 1.72 bits per heavy atom. The van der Waals surface area contributed by atoms with Crippen LogP contribution in [0.3, 0.4) is 0 Å². The Morgan fingerprint density at radius 1 is 1.07 bits per heavy atom. The minimum absolute atomic E-state index is 0.00515. The van der Waals surface area contributed by atoms with E-state index in [1.807, 2.05) is 0 Å². The fraction of sp³-hybridized carbons (Fsp3) is 0.471. The summed E-state index contributed by atoms with van der Waals surface area (Å²) in [6, 6.07) is -0.00515. The summed E-state index contributed by atoms with van der Waals surface area (Å²) in [5.74, 6) is -2.02. The zero-order chi connectivity index (χ0) is 21.7. The monoisotopic (exact) mass is 408 g/mol. The molecule has 12 heteroatoms. The molecule has 0 amide bonds. The lowest BCUT2D eigenvalue weighted by molar-refractivity contribution is -0.174. The fourth-order valence-electron chi connectivity index (χ4n) is 2.45. The van der Waals surface area contributed by atoms with Gasteiger partial charge in [0.1, 0.15) is 12.3 Å². The van der Waals surface area contributed by atoms with Gasteiger partial charge in [-0.1, -0.05) is 0 Å². The number of aromatic nitrogens is 4. The maximum Gasteiger partial charge on any atom is 0.303 e. The Morgan fingerprint density at radius 3 is 2.28 bits per heavy atom. The second-order valence-electron chi connectivity index (χ2n) is 5.91. The summed E-state index contributed by atoms with van der Waals surface area (Å²) in [7, 11) is 2.79. The average molecular weight is 408 g/mol. The SMILES string of the molecule is COc1nc2nc([C@H](OC(C)=O)[C@H](COC(C)=O)OC(C)=O)cnc2c(=O)n1C. The van der Waals surface area contributed by atoms with Crippen LogP contribution in [-0.4, -0.2) is 57.2 Å². The Bertz CT molecular complexity index is 1000. The van der Waals surface area contributed by atoms with Crippen molar-refractivity contribution in [2.75, 3.05) is 13.7 Å². The Hall–Kier alpha value is -3.57. The van der Waals surface area contributed by atoms with Crippen LogP contribution in [0.15, 0.2) is 11.0 Å². The molecule has 2 rings (SSSR count). The molecule has 0 aliphatic rings. The van der Waals surface area contributed by atoms with Crippen LogP contribution in [0, 0.1) is 0 Å². The molecule has 0 fully saturated rings. The third-order valence-corrected chi connectivity index (χ3v) is 3.64. The number of methoxy groups -OCH3 is 1. The van der Waals surface area contributed by atoms with Gasteiger partial charge in [0.2, 0.25) is 0 Å². The van der Waals surface area contributed by atoms with Crippen molar-refractivity contribution in [2.45, 2.75) is 33.0 Å². The van der Waals surface area contributed by atoms with Gasteiger partial charge in [-0.05, 0) is 0 Å². The molecule has 0 spiro atoms. The summed E-state index contributed by atoms with van der Waals surface area (Å²) in [6.07, 6.45) is -1.26. The fourth-order valence-corrected chi connectivity index (χ4v) is 2.45. The molecular weight excluding hydrogens is 388 g/mol. The maximum absolute atomic E-state index is 12.4. The van der Waals surface area contributed by atoms with Crippen molar-refractivity contribution >= 4 is 29.1 Å².